The van der Waals surface area contributed by atoms with Crippen molar-refractivity contribution in [1.82, 2.24) is 9.80 Å². The number of hydrogen-bond donors (Lipinski definition) is 0. The third-order valence-corrected chi connectivity index (χ3v) is 7.84. The molecular formula is C28H35FN2O2. The Morgan fingerprint density at radius 1 is 1.00 bits per heavy atom. The maximum Gasteiger partial charge on any atom is 0.254 e. The number of halogens is 1. The third kappa shape index (κ3) is 5.30. The number of piperidine rings is 2. The predicted molar refractivity (Wildman–Crippen MR) is 128 cm³/mol. The van der Waals surface area contributed by atoms with E-state index in [9.17, 15) is 9.18 Å². The molecule has 5 heteroatoms. The van der Waals surface area contributed by atoms with Gasteiger partial charge in [-0.15, -0.1) is 0 Å². The molecule has 3 heterocycles. The molecule has 5 rings (SSSR count). The highest BCUT2D eigenvalue weighted by Gasteiger charge is 2.43. The standard InChI is InChI=1S/C28H35FN2O2/c29-24-9-6-7-22(17-24)18-25-19-28(21-33-25)11-15-31(16-12-28)27(32)26-10-3-2-8-23(26)20-30-13-4-1-5-14-30/h2-3,6-10,17,25H,1,4-5,11-16,18-21H2. The van der Waals surface area contributed by atoms with Gasteiger partial charge in [-0.1, -0.05) is 36.8 Å². The average molecular weight is 451 g/mol. The van der Waals surface area contributed by atoms with Gasteiger partial charge < -0.3 is 9.64 Å². The van der Waals surface area contributed by atoms with Crippen molar-refractivity contribution in [3.8, 4) is 0 Å². The zero-order chi connectivity index (χ0) is 22.7. The SMILES string of the molecule is O=C(c1ccccc1CN1CCCCC1)N1CCC2(CC1)COC(Cc1cccc(F)c1)C2. The average Bonchev–Trinajstić information content (AvgIpc) is 3.22. The highest BCUT2D eigenvalue weighted by Crippen LogP contribution is 2.43. The van der Waals surface area contributed by atoms with Crippen molar-refractivity contribution >= 4 is 5.91 Å². The number of ether oxygens (including phenoxy) is 1. The quantitative estimate of drug-likeness (QED) is 0.638. The van der Waals surface area contributed by atoms with Crippen LogP contribution in [0.4, 0.5) is 4.39 Å². The summed E-state index contributed by atoms with van der Waals surface area (Å²) in [6.45, 7) is 5.45. The lowest BCUT2D eigenvalue weighted by Crippen LogP contribution is -2.44. The van der Waals surface area contributed by atoms with E-state index in [1.807, 2.05) is 23.1 Å². The minimum atomic E-state index is -0.187. The number of likely N-dealkylation sites (tertiary alicyclic amines) is 2. The summed E-state index contributed by atoms with van der Waals surface area (Å²) in [6.07, 6.45) is 7.68. The fourth-order valence-electron chi connectivity index (χ4n) is 5.88. The molecule has 176 valence electrons. The molecule has 0 aromatic heterocycles. The van der Waals surface area contributed by atoms with Crippen LogP contribution in [0.2, 0.25) is 0 Å². The van der Waals surface area contributed by atoms with Crippen molar-refractivity contribution in [3.05, 3.63) is 71.0 Å². The molecule has 1 spiro atoms. The molecule has 1 atom stereocenters. The Kier molecular flexibility index (Phi) is 6.79. The molecule has 4 nitrogen and oxygen atoms in total. The minimum Gasteiger partial charge on any atom is -0.377 e. The molecule has 0 N–H and O–H groups in total. The van der Waals surface area contributed by atoms with Gasteiger partial charge in [-0.3, -0.25) is 9.69 Å². The Labute approximate surface area is 196 Å². The minimum absolute atomic E-state index is 0.138. The Balaban J connectivity index is 1.18. The number of carbonyl (C=O) groups excluding carboxylic acids is 1. The molecule has 0 saturated carbocycles. The molecule has 0 aliphatic carbocycles. The molecule has 1 unspecified atom stereocenters. The lowest BCUT2D eigenvalue weighted by Gasteiger charge is -2.39. The van der Waals surface area contributed by atoms with Crippen molar-refractivity contribution in [2.45, 2.75) is 57.6 Å². The highest BCUT2D eigenvalue weighted by molar-refractivity contribution is 5.95. The molecule has 3 fully saturated rings. The van der Waals surface area contributed by atoms with E-state index in [0.29, 0.717) is 0 Å². The smallest absolute Gasteiger partial charge is 0.254 e. The molecule has 3 aliphatic heterocycles. The highest BCUT2D eigenvalue weighted by atomic mass is 19.1. The third-order valence-electron chi connectivity index (χ3n) is 7.84. The van der Waals surface area contributed by atoms with Gasteiger partial charge >= 0.3 is 0 Å². The van der Waals surface area contributed by atoms with Crippen molar-refractivity contribution < 1.29 is 13.9 Å². The first-order valence-corrected chi connectivity index (χ1v) is 12.6. The van der Waals surface area contributed by atoms with Gasteiger partial charge in [0.25, 0.3) is 5.91 Å². The Morgan fingerprint density at radius 3 is 2.58 bits per heavy atom. The summed E-state index contributed by atoms with van der Waals surface area (Å²) in [4.78, 5) is 18.0. The molecule has 3 saturated heterocycles. The largest absolute Gasteiger partial charge is 0.377 e. The zero-order valence-corrected chi connectivity index (χ0v) is 19.5. The summed E-state index contributed by atoms with van der Waals surface area (Å²) in [7, 11) is 0. The molecule has 0 bridgehead atoms. The number of carbonyl (C=O) groups is 1. The predicted octanol–water partition coefficient (Wildman–Crippen LogP) is 5.07. The molecule has 3 aliphatic rings. The van der Waals surface area contributed by atoms with Gasteiger partial charge in [0.1, 0.15) is 5.82 Å². The van der Waals surface area contributed by atoms with E-state index in [2.05, 4.69) is 17.0 Å². The van der Waals surface area contributed by atoms with Crippen LogP contribution in [-0.4, -0.2) is 54.6 Å². The topological polar surface area (TPSA) is 32.8 Å². The maximum atomic E-state index is 13.5. The van der Waals surface area contributed by atoms with E-state index >= 15 is 0 Å². The summed E-state index contributed by atoms with van der Waals surface area (Å²) in [5.41, 5.74) is 3.17. The number of hydrogen-bond acceptors (Lipinski definition) is 3. The second-order valence-electron chi connectivity index (χ2n) is 10.3. The number of amides is 1. The second kappa shape index (κ2) is 9.94. The van der Waals surface area contributed by atoms with Crippen LogP contribution in [0.15, 0.2) is 48.5 Å². The molecule has 33 heavy (non-hydrogen) atoms. The van der Waals surface area contributed by atoms with Crippen LogP contribution >= 0.6 is 0 Å². The summed E-state index contributed by atoms with van der Waals surface area (Å²) in [5, 5.41) is 0. The van der Waals surface area contributed by atoms with Gasteiger partial charge in [0.2, 0.25) is 0 Å². The molecular weight excluding hydrogens is 415 g/mol. The van der Waals surface area contributed by atoms with Crippen molar-refractivity contribution in [2.24, 2.45) is 5.41 Å². The molecule has 2 aromatic rings. The fraction of sp³-hybridized carbons (Fsp3) is 0.536. The first-order chi connectivity index (χ1) is 16.1. The van der Waals surface area contributed by atoms with Gasteiger partial charge in [-0.05, 0) is 86.4 Å². The Morgan fingerprint density at radius 2 is 1.79 bits per heavy atom. The molecule has 0 radical (unpaired) electrons. The first kappa shape index (κ1) is 22.5. The monoisotopic (exact) mass is 450 g/mol. The van der Waals surface area contributed by atoms with Crippen LogP contribution in [0, 0.1) is 11.2 Å². The lowest BCUT2D eigenvalue weighted by atomic mass is 9.76. The summed E-state index contributed by atoms with van der Waals surface area (Å²) >= 11 is 0. The van der Waals surface area contributed by atoms with Crippen molar-refractivity contribution in [2.75, 3.05) is 32.8 Å². The maximum absolute atomic E-state index is 13.5. The van der Waals surface area contributed by atoms with Gasteiger partial charge in [0.15, 0.2) is 0 Å². The van der Waals surface area contributed by atoms with E-state index in [1.165, 1.54) is 25.3 Å². The number of nitrogens with zero attached hydrogens (tertiary/aromatic N) is 2. The van der Waals surface area contributed by atoms with Gasteiger partial charge in [-0.25, -0.2) is 4.39 Å². The first-order valence-electron chi connectivity index (χ1n) is 12.6. The van der Waals surface area contributed by atoms with Crippen molar-refractivity contribution in [3.63, 3.8) is 0 Å². The Bertz CT molecular complexity index is 964. The van der Waals surface area contributed by atoms with Crippen LogP contribution in [0.1, 0.15) is 60.0 Å². The van der Waals surface area contributed by atoms with E-state index < -0.39 is 0 Å². The van der Waals surface area contributed by atoms with Crippen LogP contribution in [0.25, 0.3) is 0 Å². The van der Waals surface area contributed by atoms with E-state index in [4.69, 9.17) is 4.74 Å². The van der Waals surface area contributed by atoms with Gasteiger partial charge in [0.05, 0.1) is 12.7 Å². The number of benzene rings is 2. The van der Waals surface area contributed by atoms with Crippen LogP contribution < -0.4 is 0 Å². The molecule has 2 aromatic carbocycles. The van der Waals surface area contributed by atoms with Crippen LogP contribution in [0.3, 0.4) is 0 Å². The van der Waals surface area contributed by atoms with Crippen LogP contribution in [0.5, 0.6) is 0 Å². The van der Waals surface area contributed by atoms with E-state index in [0.717, 1.165) is 81.7 Å². The fourth-order valence-corrected chi connectivity index (χ4v) is 5.88. The van der Waals surface area contributed by atoms with Crippen molar-refractivity contribution in [1.29, 1.82) is 0 Å². The lowest BCUT2D eigenvalue weighted by molar-refractivity contribution is 0.0494. The summed E-state index contributed by atoms with van der Waals surface area (Å²) < 4.78 is 19.7. The van der Waals surface area contributed by atoms with Crippen LogP contribution in [-0.2, 0) is 17.7 Å². The van der Waals surface area contributed by atoms with Gasteiger partial charge in [0, 0.05) is 25.2 Å². The number of rotatable bonds is 5. The normalized spacial score (nSPS) is 23.2. The zero-order valence-electron chi connectivity index (χ0n) is 19.5. The Hall–Kier alpha value is -2.24. The molecule has 1 amide bonds. The van der Waals surface area contributed by atoms with Gasteiger partial charge in [-0.2, -0.15) is 0 Å². The van der Waals surface area contributed by atoms with E-state index in [-0.39, 0.29) is 23.2 Å². The summed E-state index contributed by atoms with van der Waals surface area (Å²) in [5.74, 6) is -0.0136. The summed E-state index contributed by atoms with van der Waals surface area (Å²) in [6, 6.07) is 15.0. The second-order valence-corrected chi connectivity index (χ2v) is 10.3. The van der Waals surface area contributed by atoms with E-state index in [1.54, 1.807) is 12.1 Å².